The van der Waals surface area contributed by atoms with E-state index in [4.69, 9.17) is 4.74 Å². The molecule has 1 heterocycles. The van der Waals surface area contributed by atoms with Crippen molar-refractivity contribution in [1.29, 1.82) is 0 Å². The van der Waals surface area contributed by atoms with Gasteiger partial charge >= 0.3 is 0 Å². The summed E-state index contributed by atoms with van der Waals surface area (Å²) in [5, 5.41) is 0. The Labute approximate surface area is 137 Å². The number of unbranched alkanes of at least 4 members (excludes halogenated alkanes) is 8. The average molecular weight is 308 g/mol. The van der Waals surface area contributed by atoms with Crippen LogP contribution in [0.4, 0.5) is 0 Å². The molecule has 0 bridgehead atoms. The number of hydrogen-bond acceptors (Lipinski definition) is 3. The fraction of sp³-hybridized carbons (Fsp3) is 0.842. The Balaban J connectivity index is 1.88. The van der Waals surface area contributed by atoms with Gasteiger partial charge in [0.05, 0.1) is 12.5 Å². The van der Waals surface area contributed by atoms with Crippen LogP contribution < -0.4 is 0 Å². The van der Waals surface area contributed by atoms with E-state index in [0.29, 0.717) is 6.10 Å². The second-order valence-electron chi connectivity index (χ2n) is 6.34. The minimum absolute atomic E-state index is 0.416. The van der Waals surface area contributed by atoms with Crippen molar-refractivity contribution in [3.63, 3.8) is 0 Å². The van der Waals surface area contributed by atoms with E-state index < -0.39 is 0 Å². The summed E-state index contributed by atoms with van der Waals surface area (Å²) in [6, 6.07) is 0. The zero-order chi connectivity index (χ0) is 15.9. The predicted octanol–water partition coefficient (Wildman–Crippen LogP) is 5.74. The topological polar surface area (TPSA) is 34.0 Å². The van der Waals surface area contributed by atoms with Crippen LogP contribution in [0.1, 0.15) is 90.4 Å². The predicted molar refractivity (Wildman–Crippen MR) is 96.7 cm³/mol. The standard InChI is InChI=1S/C19H35N2O/c1-3-4-5-6-7-8-9-10-11-13-18(22-2)14-12-15-19-20-16-17-21-19/h16-18H,3-15H2,1-2H3/q+1. The van der Waals surface area contributed by atoms with Crippen molar-refractivity contribution in [2.45, 2.75) is 96.5 Å². The van der Waals surface area contributed by atoms with Gasteiger partial charge in [-0.25, -0.2) is 0 Å². The summed E-state index contributed by atoms with van der Waals surface area (Å²) in [7, 11) is 1.84. The van der Waals surface area contributed by atoms with E-state index in [2.05, 4.69) is 16.9 Å². The van der Waals surface area contributed by atoms with Crippen LogP contribution in [0.2, 0.25) is 0 Å². The minimum Gasteiger partial charge on any atom is -0.381 e. The maximum Gasteiger partial charge on any atom is 0.240 e. The van der Waals surface area contributed by atoms with E-state index in [9.17, 15) is 0 Å². The first-order valence-corrected chi connectivity index (χ1v) is 9.32. The SMILES string of the molecule is CCCCCCCCCCCC(CCC[C+]1N=CC=N1)OC. The highest BCUT2D eigenvalue weighted by molar-refractivity contribution is 6.18. The quantitative estimate of drug-likeness (QED) is 0.281. The molecule has 0 aliphatic carbocycles. The average Bonchev–Trinajstić information content (AvgIpc) is 3.05. The van der Waals surface area contributed by atoms with Crippen LogP contribution in [-0.2, 0) is 4.74 Å². The number of aliphatic imine (C=N–C) groups is 2. The van der Waals surface area contributed by atoms with E-state index in [0.717, 1.165) is 25.4 Å². The first-order valence-electron chi connectivity index (χ1n) is 9.32. The zero-order valence-electron chi connectivity index (χ0n) is 14.7. The van der Waals surface area contributed by atoms with Gasteiger partial charge in [0.2, 0.25) is 6.17 Å². The Kier molecular flexibility index (Phi) is 12.1. The van der Waals surface area contributed by atoms with Gasteiger partial charge in [-0.15, -0.1) is 0 Å². The summed E-state index contributed by atoms with van der Waals surface area (Å²) in [6.45, 7) is 2.28. The van der Waals surface area contributed by atoms with Gasteiger partial charge in [-0.05, 0) is 19.3 Å². The van der Waals surface area contributed by atoms with E-state index in [1.807, 2.05) is 7.11 Å². The van der Waals surface area contributed by atoms with E-state index in [-0.39, 0.29) is 0 Å². The second kappa shape index (κ2) is 13.8. The molecule has 3 nitrogen and oxygen atoms in total. The molecule has 0 radical (unpaired) electrons. The van der Waals surface area contributed by atoms with Crippen molar-refractivity contribution >= 4 is 12.4 Å². The number of methoxy groups -OCH3 is 1. The molecule has 1 atom stereocenters. The lowest BCUT2D eigenvalue weighted by Gasteiger charge is -2.14. The molecule has 0 saturated heterocycles. The third-order valence-corrected chi connectivity index (χ3v) is 4.40. The van der Waals surface area contributed by atoms with Gasteiger partial charge in [0.25, 0.3) is 0 Å². The van der Waals surface area contributed by atoms with Gasteiger partial charge in [-0.2, -0.15) is 0 Å². The van der Waals surface area contributed by atoms with Crippen molar-refractivity contribution in [3.05, 3.63) is 6.17 Å². The summed E-state index contributed by atoms with van der Waals surface area (Å²) in [6.07, 6.45) is 21.9. The molecule has 1 aliphatic heterocycles. The van der Waals surface area contributed by atoms with Crippen LogP contribution >= 0.6 is 0 Å². The fourth-order valence-corrected chi connectivity index (χ4v) is 2.95. The maximum absolute atomic E-state index is 5.60. The first-order chi connectivity index (χ1) is 10.9. The van der Waals surface area contributed by atoms with E-state index in [1.54, 1.807) is 12.4 Å². The van der Waals surface area contributed by atoms with Gasteiger partial charge in [-0.1, -0.05) is 74.7 Å². The first kappa shape index (κ1) is 19.2. The number of ether oxygens (including phenoxy) is 1. The third-order valence-electron chi connectivity index (χ3n) is 4.40. The molecule has 0 fully saturated rings. The van der Waals surface area contributed by atoms with Crippen LogP contribution in [0.5, 0.6) is 0 Å². The van der Waals surface area contributed by atoms with Gasteiger partial charge in [-0.3, -0.25) is 0 Å². The maximum atomic E-state index is 5.60. The summed E-state index contributed by atoms with van der Waals surface area (Å²) in [5.74, 6) is 0. The molecule has 0 spiro atoms. The molecule has 126 valence electrons. The smallest absolute Gasteiger partial charge is 0.240 e. The lowest BCUT2D eigenvalue weighted by Crippen LogP contribution is -2.10. The Morgan fingerprint density at radius 3 is 1.95 bits per heavy atom. The van der Waals surface area contributed by atoms with Crippen molar-refractivity contribution in [2.75, 3.05) is 7.11 Å². The highest BCUT2D eigenvalue weighted by Crippen LogP contribution is 2.19. The molecule has 1 rings (SSSR count). The van der Waals surface area contributed by atoms with Crippen molar-refractivity contribution in [1.82, 2.24) is 0 Å². The lowest BCUT2D eigenvalue weighted by atomic mass is 10.0. The Hall–Kier alpha value is -0.830. The lowest BCUT2D eigenvalue weighted by molar-refractivity contribution is 0.0835. The molecule has 0 saturated carbocycles. The Bertz CT molecular complexity index is 290. The molecule has 3 heteroatoms. The molecular formula is C19H35N2O+. The number of hydrogen-bond donors (Lipinski definition) is 0. The molecule has 22 heavy (non-hydrogen) atoms. The van der Waals surface area contributed by atoms with Gasteiger partial charge in [0.1, 0.15) is 0 Å². The number of rotatable bonds is 15. The monoisotopic (exact) mass is 307 g/mol. The highest BCUT2D eigenvalue weighted by Gasteiger charge is 2.16. The Morgan fingerprint density at radius 1 is 0.818 bits per heavy atom. The van der Waals surface area contributed by atoms with Crippen LogP contribution in [0.15, 0.2) is 9.98 Å². The van der Waals surface area contributed by atoms with Gasteiger partial charge in [0.15, 0.2) is 12.4 Å². The van der Waals surface area contributed by atoms with Crippen LogP contribution in [0, 0.1) is 6.17 Å². The highest BCUT2D eigenvalue weighted by atomic mass is 16.5. The minimum atomic E-state index is 0.416. The molecule has 1 unspecified atom stereocenters. The summed E-state index contributed by atoms with van der Waals surface area (Å²) in [4.78, 5) is 8.42. The molecule has 0 aromatic rings. The van der Waals surface area contributed by atoms with Crippen molar-refractivity contribution in [3.8, 4) is 0 Å². The summed E-state index contributed by atoms with van der Waals surface area (Å²) >= 11 is 0. The molecule has 1 aliphatic rings. The van der Waals surface area contributed by atoms with E-state index >= 15 is 0 Å². The van der Waals surface area contributed by atoms with Crippen LogP contribution in [-0.4, -0.2) is 25.6 Å². The van der Waals surface area contributed by atoms with Crippen LogP contribution in [0.3, 0.4) is 0 Å². The molecule has 0 aromatic heterocycles. The second-order valence-corrected chi connectivity index (χ2v) is 6.34. The molecule has 0 N–H and O–H groups in total. The Morgan fingerprint density at radius 2 is 1.36 bits per heavy atom. The normalized spacial score (nSPS) is 14.9. The van der Waals surface area contributed by atoms with Gasteiger partial charge < -0.3 is 4.74 Å². The van der Waals surface area contributed by atoms with E-state index in [1.165, 1.54) is 64.2 Å². The molecule has 0 amide bonds. The van der Waals surface area contributed by atoms with Crippen molar-refractivity contribution in [2.24, 2.45) is 9.98 Å². The largest absolute Gasteiger partial charge is 0.381 e. The summed E-state index contributed by atoms with van der Waals surface area (Å²) in [5.41, 5.74) is 0. The third kappa shape index (κ3) is 9.99. The molecular weight excluding hydrogens is 272 g/mol. The van der Waals surface area contributed by atoms with Crippen molar-refractivity contribution < 1.29 is 4.74 Å². The fourth-order valence-electron chi connectivity index (χ4n) is 2.95. The molecule has 0 aromatic carbocycles. The van der Waals surface area contributed by atoms with Gasteiger partial charge in [0, 0.05) is 7.11 Å². The zero-order valence-corrected chi connectivity index (χ0v) is 14.7. The number of nitrogens with zero attached hydrogens (tertiary/aromatic N) is 2. The summed E-state index contributed by atoms with van der Waals surface area (Å²) < 4.78 is 5.60. The van der Waals surface area contributed by atoms with Crippen LogP contribution in [0.25, 0.3) is 0 Å².